The van der Waals surface area contributed by atoms with Crippen LogP contribution in [0.5, 0.6) is 5.75 Å². The van der Waals surface area contributed by atoms with Gasteiger partial charge in [0.25, 0.3) is 0 Å². The van der Waals surface area contributed by atoms with Crippen LogP contribution in [0.1, 0.15) is 28.4 Å². The third-order valence-electron chi connectivity index (χ3n) is 3.86. The summed E-state index contributed by atoms with van der Waals surface area (Å²) in [5.74, 6) is 0.714. The SMILES string of the molecule is COc1c(C(O)c2cnn3ccncc23)ccc(C)c1C. The summed E-state index contributed by atoms with van der Waals surface area (Å²) in [5.41, 5.74) is 4.39. The van der Waals surface area contributed by atoms with Crippen molar-refractivity contribution in [1.82, 2.24) is 14.6 Å². The van der Waals surface area contributed by atoms with Gasteiger partial charge in [-0.25, -0.2) is 4.52 Å². The second-order valence-corrected chi connectivity index (χ2v) is 5.04. The second-order valence-electron chi connectivity index (χ2n) is 5.04. The maximum absolute atomic E-state index is 10.7. The molecule has 0 aliphatic carbocycles. The van der Waals surface area contributed by atoms with Gasteiger partial charge in [0, 0.05) is 23.5 Å². The minimum atomic E-state index is -0.805. The van der Waals surface area contributed by atoms with Crippen molar-refractivity contribution in [2.75, 3.05) is 7.11 Å². The van der Waals surface area contributed by atoms with E-state index in [1.165, 1.54) is 0 Å². The van der Waals surface area contributed by atoms with Crippen molar-refractivity contribution in [2.45, 2.75) is 20.0 Å². The summed E-state index contributed by atoms with van der Waals surface area (Å²) in [5, 5.41) is 15.0. The van der Waals surface area contributed by atoms with E-state index in [1.54, 1.807) is 36.4 Å². The largest absolute Gasteiger partial charge is 0.496 e. The molecule has 21 heavy (non-hydrogen) atoms. The molecule has 0 aliphatic rings. The zero-order chi connectivity index (χ0) is 15.0. The number of benzene rings is 1. The Bertz CT molecular complexity index is 795. The monoisotopic (exact) mass is 283 g/mol. The number of nitrogens with zero attached hydrogens (tertiary/aromatic N) is 3. The molecule has 0 aliphatic heterocycles. The summed E-state index contributed by atoms with van der Waals surface area (Å²) in [6.07, 6.45) is 5.96. The molecule has 5 heteroatoms. The molecule has 0 saturated carbocycles. The molecular weight excluding hydrogens is 266 g/mol. The molecule has 0 bridgehead atoms. The lowest BCUT2D eigenvalue weighted by molar-refractivity contribution is 0.216. The summed E-state index contributed by atoms with van der Waals surface area (Å²) < 4.78 is 7.18. The van der Waals surface area contributed by atoms with Crippen LogP contribution in [-0.4, -0.2) is 26.8 Å². The Morgan fingerprint density at radius 2 is 2.00 bits per heavy atom. The van der Waals surface area contributed by atoms with E-state index in [1.807, 2.05) is 26.0 Å². The minimum absolute atomic E-state index is 0.713. The van der Waals surface area contributed by atoms with Crippen LogP contribution in [0.3, 0.4) is 0 Å². The molecule has 108 valence electrons. The number of rotatable bonds is 3. The highest BCUT2D eigenvalue weighted by molar-refractivity contribution is 5.57. The Morgan fingerprint density at radius 1 is 1.19 bits per heavy atom. The number of ether oxygens (including phenoxy) is 1. The zero-order valence-electron chi connectivity index (χ0n) is 12.2. The van der Waals surface area contributed by atoms with E-state index in [9.17, 15) is 5.11 Å². The number of methoxy groups -OCH3 is 1. The van der Waals surface area contributed by atoms with Crippen LogP contribution in [0.25, 0.3) is 5.52 Å². The molecule has 2 aromatic heterocycles. The lowest BCUT2D eigenvalue weighted by Crippen LogP contribution is -2.04. The van der Waals surface area contributed by atoms with Crippen LogP contribution in [-0.2, 0) is 0 Å². The molecule has 1 N–H and O–H groups in total. The van der Waals surface area contributed by atoms with Crippen LogP contribution in [0, 0.1) is 13.8 Å². The molecule has 3 aromatic rings. The molecule has 2 heterocycles. The molecule has 1 aromatic carbocycles. The van der Waals surface area contributed by atoms with Crippen molar-refractivity contribution in [1.29, 1.82) is 0 Å². The van der Waals surface area contributed by atoms with Crippen molar-refractivity contribution in [3.8, 4) is 5.75 Å². The van der Waals surface area contributed by atoms with E-state index in [0.717, 1.165) is 22.2 Å². The lowest BCUT2D eigenvalue weighted by atomic mass is 9.97. The van der Waals surface area contributed by atoms with Crippen molar-refractivity contribution >= 4 is 5.52 Å². The van der Waals surface area contributed by atoms with Gasteiger partial charge in [-0.3, -0.25) is 4.98 Å². The van der Waals surface area contributed by atoms with Gasteiger partial charge in [0.1, 0.15) is 11.9 Å². The molecule has 0 saturated heterocycles. The molecule has 3 rings (SSSR count). The predicted molar refractivity (Wildman–Crippen MR) is 79.5 cm³/mol. The maximum Gasteiger partial charge on any atom is 0.128 e. The van der Waals surface area contributed by atoms with Gasteiger partial charge in [-0.05, 0) is 25.0 Å². The van der Waals surface area contributed by atoms with Gasteiger partial charge >= 0.3 is 0 Å². The molecule has 0 radical (unpaired) electrons. The summed E-state index contributed by atoms with van der Waals surface area (Å²) in [6, 6.07) is 3.88. The van der Waals surface area contributed by atoms with Crippen molar-refractivity contribution in [3.63, 3.8) is 0 Å². The van der Waals surface area contributed by atoms with Crippen molar-refractivity contribution in [2.24, 2.45) is 0 Å². The third-order valence-corrected chi connectivity index (χ3v) is 3.86. The predicted octanol–water partition coefficient (Wildman–Crippen LogP) is 2.44. The summed E-state index contributed by atoms with van der Waals surface area (Å²) in [4.78, 5) is 4.09. The van der Waals surface area contributed by atoms with Gasteiger partial charge in [-0.2, -0.15) is 5.10 Å². The maximum atomic E-state index is 10.7. The zero-order valence-corrected chi connectivity index (χ0v) is 12.2. The van der Waals surface area contributed by atoms with Gasteiger partial charge in [0.15, 0.2) is 0 Å². The first-order valence-electron chi connectivity index (χ1n) is 6.73. The smallest absolute Gasteiger partial charge is 0.128 e. The third kappa shape index (κ3) is 2.15. The number of aromatic nitrogens is 3. The Balaban J connectivity index is 2.14. The Kier molecular flexibility index (Phi) is 3.35. The average molecular weight is 283 g/mol. The molecule has 1 unspecified atom stereocenters. The van der Waals surface area contributed by atoms with E-state index in [0.29, 0.717) is 11.3 Å². The number of hydrogen-bond donors (Lipinski definition) is 1. The molecule has 0 spiro atoms. The first-order chi connectivity index (χ1) is 10.1. The molecule has 5 nitrogen and oxygen atoms in total. The number of aliphatic hydroxyl groups is 1. The van der Waals surface area contributed by atoms with Crippen LogP contribution in [0.15, 0.2) is 36.9 Å². The van der Waals surface area contributed by atoms with E-state index in [4.69, 9.17) is 4.74 Å². The lowest BCUT2D eigenvalue weighted by Gasteiger charge is -2.17. The van der Waals surface area contributed by atoms with Crippen molar-refractivity contribution < 1.29 is 9.84 Å². The fraction of sp³-hybridized carbons (Fsp3) is 0.250. The quantitative estimate of drug-likeness (QED) is 0.802. The van der Waals surface area contributed by atoms with Crippen molar-refractivity contribution in [3.05, 3.63) is 59.2 Å². The van der Waals surface area contributed by atoms with E-state index < -0.39 is 6.10 Å². The number of aliphatic hydroxyl groups excluding tert-OH is 1. The van der Waals surface area contributed by atoms with Gasteiger partial charge < -0.3 is 9.84 Å². The fourth-order valence-corrected chi connectivity index (χ4v) is 2.53. The second kappa shape index (κ2) is 5.18. The fourth-order valence-electron chi connectivity index (χ4n) is 2.53. The summed E-state index contributed by atoms with van der Waals surface area (Å²) >= 11 is 0. The first kappa shape index (κ1) is 13.6. The molecule has 1 atom stereocenters. The molecular formula is C16H17N3O2. The highest BCUT2D eigenvalue weighted by atomic mass is 16.5. The van der Waals surface area contributed by atoms with Crippen LogP contribution in [0.4, 0.5) is 0 Å². The van der Waals surface area contributed by atoms with Gasteiger partial charge in [-0.15, -0.1) is 0 Å². The topological polar surface area (TPSA) is 59.7 Å². The number of fused-ring (bicyclic) bond motifs is 1. The van der Waals surface area contributed by atoms with Crippen LogP contribution >= 0.6 is 0 Å². The van der Waals surface area contributed by atoms with E-state index in [-0.39, 0.29) is 0 Å². The van der Waals surface area contributed by atoms with E-state index >= 15 is 0 Å². The van der Waals surface area contributed by atoms with Gasteiger partial charge in [-0.1, -0.05) is 12.1 Å². The van der Waals surface area contributed by atoms with Gasteiger partial charge in [0.2, 0.25) is 0 Å². The van der Waals surface area contributed by atoms with E-state index in [2.05, 4.69) is 10.1 Å². The molecule has 0 fully saturated rings. The van der Waals surface area contributed by atoms with Gasteiger partial charge in [0.05, 0.1) is 25.0 Å². The minimum Gasteiger partial charge on any atom is -0.496 e. The Labute approximate surface area is 122 Å². The van der Waals surface area contributed by atoms with Crippen LogP contribution < -0.4 is 4.74 Å². The standard InChI is InChI=1S/C16H17N3O2/c1-10-4-5-12(16(21-3)11(10)2)15(20)13-8-18-19-7-6-17-9-14(13)19/h4-9,15,20H,1-3H3. The summed E-state index contributed by atoms with van der Waals surface area (Å²) in [7, 11) is 1.62. The highest BCUT2D eigenvalue weighted by Gasteiger charge is 2.21. The Hall–Kier alpha value is -2.40. The number of hydrogen-bond acceptors (Lipinski definition) is 4. The first-order valence-corrected chi connectivity index (χ1v) is 6.73. The Morgan fingerprint density at radius 3 is 2.76 bits per heavy atom. The molecule has 0 amide bonds. The number of aryl methyl sites for hydroxylation is 1. The normalized spacial score (nSPS) is 12.6. The average Bonchev–Trinajstić information content (AvgIpc) is 2.93. The summed E-state index contributed by atoms with van der Waals surface area (Å²) in [6.45, 7) is 4.01. The highest BCUT2D eigenvalue weighted by Crippen LogP contribution is 2.35. The van der Waals surface area contributed by atoms with Crippen LogP contribution in [0.2, 0.25) is 0 Å².